The summed E-state index contributed by atoms with van der Waals surface area (Å²) in [4.78, 5) is 2.37. The maximum atomic E-state index is 5.97. The van der Waals surface area contributed by atoms with E-state index in [0.717, 1.165) is 23.9 Å². The zero-order valence-electron chi connectivity index (χ0n) is 9.62. The van der Waals surface area contributed by atoms with Crippen molar-refractivity contribution in [3.8, 4) is 0 Å². The molecule has 0 aromatic heterocycles. The lowest BCUT2D eigenvalue weighted by Crippen LogP contribution is -2.27. The van der Waals surface area contributed by atoms with Crippen LogP contribution in [0, 0.1) is 5.41 Å². The molecule has 0 heterocycles. The molecule has 88 valence electrons. The highest BCUT2D eigenvalue weighted by molar-refractivity contribution is 7.80. The molecule has 0 N–H and O–H groups in total. The fourth-order valence-corrected chi connectivity index (χ4v) is 2.75. The Morgan fingerprint density at radius 1 is 1.44 bits per heavy atom. The van der Waals surface area contributed by atoms with E-state index in [1.807, 2.05) is 18.2 Å². The minimum atomic E-state index is 0.496. The third-order valence-corrected chi connectivity index (χ3v) is 4.15. The molecule has 0 bridgehead atoms. The van der Waals surface area contributed by atoms with Gasteiger partial charge in [-0.15, -0.1) is 0 Å². The molecule has 1 aliphatic rings. The van der Waals surface area contributed by atoms with Crippen molar-refractivity contribution in [2.24, 2.45) is 5.41 Å². The summed E-state index contributed by atoms with van der Waals surface area (Å²) in [6.07, 6.45) is 2.66. The lowest BCUT2D eigenvalue weighted by molar-refractivity contribution is 0.270. The summed E-state index contributed by atoms with van der Waals surface area (Å²) in [6.45, 7) is 2.11. The number of thiol groups is 1. The number of nitrogens with zero attached hydrogens (tertiary/aromatic N) is 1. The van der Waals surface area contributed by atoms with Crippen LogP contribution in [-0.4, -0.2) is 24.2 Å². The molecular formula is C13H18ClNS. The average Bonchev–Trinajstić information content (AvgIpc) is 2.98. The van der Waals surface area contributed by atoms with Gasteiger partial charge in [-0.2, -0.15) is 12.6 Å². The molecule has 0 unspecified atom stereocenters. The van der Waals surface area contributed by atoms with Crippen molar-refractivity contribution < 1.29 is 0 Å². The zero-order chi connectivity index (χ0) is 11.6. The Bertz CT molecular complexity index is 363. The van der Waals surface area contributed by atoms with Gasteiger partial charge >= 0.3 is 0 Å². The molecule has 1 aromatic carbocycles. The summed E-state index contributed by atoms with van der Waals surface area (Å²) in [6, 6.07) is 8.10. The zero-order valence-corrected chi connectivity index (χ0v) is 11.3. The highest BCUT2D eigenvalue weighted by Gasteiger charge is 2.41. The minimum Gasteiger partial charge on any atom is -0.302 e. The Morgan fingerprint density at radius 2 is 2.19 bits per heavy atom. The molecule has 2 rings (SSSR count). The van der Waals surface area contributed by atoms with E-state index in [0.29, 0.717) is 5.41 Å². The SMILES string of the molecule is CN(Cc1cccc(Cl)c1)CC1(CS)CC1. The van der Waals surface area contributed by atoms with Gasteiger partial charge in [0.15, 0.2) is 0 Å². The predicted octanol–water partition coefficient (Wildman–Crippen LogP) is 3.48. The van der Waals surface area contributed by atoms with Gasteiger partial charge in [0, 0.05) is 18.1 Å². The number of hydrogen-bond acceptors (Lipinski definition) is 2. The summed E-state index contributed by atoms with van der Waals surface area (Å²) < 4.78 is 0. The summed E-state index contributed by atoms with van der Waals surface area (Å²) >= 11 is 10.4. The normalized spacial score (nSPS) is 17.8. The third kappa shape index (κ3) is 3.16. The van der Waals surface area contributed by atoms with Gasteiger partial charge < -0.3 is 4.90 Å². The number of hydrogen-bond donors (Lipinski definition) is 1. The van der Waals surface area contributed by atoms with E-state index in [2.05, 4.69) is 30.6 Å². The van der Waals surface area contributed by atoms with Gasteiger partial charge in [-0.05, 0) is 48.8 Å². The van der Waals surface area contributed by atoms with Crippen LogP contribution in [0.3, 0.4) is 0 Å². The largest absolute Gasteiger partial charge is 0.302 e. The van der Waals surface area contributed by atoms with E-state index in [4.69, 9.17) is 11.6 Å². The van der Waals surface area contributed by atoms with E-state index in [9.17, 15) is 0 Å². The fraction of sp³-hybridized carbons (Fsp3) is 0.538. The van der Waals surface area contributed by atoms with Crippen molar-refractivity contribution in [2.45, 2.75) is 19.4 Å². The average molecular weight is 256 g/mol. The van der Waals surface area contributed by atoms with Crippen LogP contribution in [0.4, 0.5) is 0 Å². The molecule has 1 nitrogen and oxygen atoms in total. The van der Waals surface area contributed by atoms with Gasteiger partial charge in [0.1, 0.15) is 0 Å². The summed E-state index contributed by atoms with van der Waals surface area (Å²) in [7, 11) is 2.17. The van der Waals surface area contributed by atoms with Gasteiger partial charge in [0.25, 0.3) is 0 Å². The molecule has 16 heavy (non-hydrogen) atoms. The van der Waals surface area contributed by atoms with Crippen molar-refractivity contribution in [3.63, 3.8) is 0 Å². The number of halogens is 1. The Hall–Kier alpha value is -0.180. The second-order valence-electron chi connectivity index (χ2n) is 4.96. The first-order valence-electron chi connectivity index (χ1n) is 5.67. The monoisotopic (exact) mass is 255 g/mol. The molecule has 0 spiro atoms. The van der Waals surface area contributed by atoms with Crippen molar-refractivity contribution in [1.29, 1.82) is 0 Å². The summed E-state index contributed by atoms with van der Waals surface area (Å²) in [5.41, 5.74) is 1.78. The minimum absolute atomic E-state index is 0.496. The molecular weight excluding hydrogens is 238 g/mol. The van der Waals surface area contributed by atoms with Gasteiger partial charge in [-0.3, -0.25) is 0 Å². The Balaban J connectivity index is 1.89. The van der Waals surface area contributed by atoms with E-state index in [-0.39, 0.29) is 0 Å². The molecule has 0 amide bonds. The smallest absolute Gasteiger partial charge is 0.0409 e. The van der Waals surface area contributed by atoms with E-state index < -0.39 is 0 Å². The van der Waals surface area contributed by atoms with Crippen LogP contribution in [0.2, 0.25) is 5.02 Å². The van der Waals surface area contributed by atoms with Crippen molar-refractivity contribution in [2.75, 3.05) is 19.3 Å². The van der Waals surface area contributed by atoms with Crippen LogP contribution in [0.25, 0.3) is 0 Å². The first-order valence-corrected chi connectivity index (χ1v) is 6.68. The van der Waals surface area contributed by atoms with Gasteiger partial charge in [0.05, 0.1) is 0 Å². The Labute approximate surface area is 108 Å². The Kier molecular flexibility index (Phi) is 3.83. The molecule has 0 atom stereocenters. The third-order valence-electron chi connectivity index (χ3n) is 3.24. The first kappa shape index (κ1) is 12.3. The topological polar surface area (TPSA) is 3.24 Å². The van der Waals surface area contributed by atoms with Crippen LogP contribution >= 0.6 is 24.2 Å². The first-order chi connectivity index (χ1) is 7.63. The van der Waals surface area contributed by atoms with E-state index in [1.165, 1.54) is 18.4 Å². The van der Waals surface area contributed by atoms with Gasteiger partial charge in [-0.25, -0.2) is 0 Å². The maximum Gasteiger partial charge on any atom is 0.0409 e. The van der Waals surface area contributed by atoms with E-state index in [1.54, 1.807) is 0 Å². The molecule has 1 saturated carbocycles. The number of benzene rings is 1. The summed E-state index contributed by atoms with van der Waals surface area (Å²) in [5, 5.41) is 0.821. The number of rotatable bonds is 5. The summed E-state index contributed by atoms with van der Waals surface area (Å²) in [5.74, 6) is 1.01. The molecule has 0 aliphatic heterocycles. The van der Waals surface area contributed by atoms with Crippen molar-refractivity contribution in [3.05, 3.63) is 34.9 Å². The molecule has 1 fully saturated rings. The molecule has 3 heteroatoms. The van der Waals surface area contributed by atoms with Crippen molar-refractivity contribution in [1.82, 2.24) is 4.90 Å². The molecule has 0 radical (unpaired) electrons. The van der Waals surface area contributed by atoms with Crippen molar-refractivity contribution >= 4 is 24.2 Å². The van der Waals surface area contributed by atoms with Crippen LogP contribution in [0.15, 0.2) is 24.3 Å². The second-order valence-corrected chi connectivity index (χ2v) is 5.71. The van der Waals surface area contributed by atoms with Crippen LogP contribution in [0.5, 0.6) is 0 Å². The maximum absolute atomic E-state index is 5.97. The molecule has 1 aromatic rings. The van der Waals surface area contributed by atoms with Crippen LogP contribution < -0.4 is 0 Å². The predicted molar refractivity (Wildman–Crippen MR) is 73.3 cm³/mol. The molecule has 0 saturated heterocycles. The van der Waals surface area contributed by atoms with Gasteiger partial charge in [0.2, 0.25) is 0 Å². The molecule has 1 aliphatic carbocycles. The standard InChI is InChI=1S/C13H18ClNS/c1-15(9-13(10-16)5-6-13)8-11-3-2-4-12(14)7-11/h2-4,7,16H,5-6,8-10H2,1H3. The highest BCUT2D eigenvalue weighted by Crippen LogP contribution is 2.46. The van der Waals surface area contributed by atoms with Crippen LogP contribution in [-0.2, 0) is 6.54 Å². The lowest BCUT2D eigenvalue weighted by Gasteiger charge is -2.22. The fourth-order valence-electron chi connectivity index (χ4n) is 2.12. The second kappa shape index (κ2) is 4.99. The van der Waals surface area contributed by atoms with Gasteiger partial charge in [-0.1, -0.05) is 23.7 Å². The highest BCUT2D eigenvalue weighted by atomic mass is 35.5. The van der Waals surface area contributed by atoms with Crippen LogP contribution in [0.1, 0.15) is 18.4 Å². The Morgan fingerprint density at radius 3 is 2.75 bits per heavy atom. The lowest BCUT2D eigenvalue weighted by atomic mass is 10.1. The quantitative estimate of drug-likeness (QED) is 0.789. The van der Waals surface area contributed by atoms with E-state index >= 15 is 0 Å².